The molecule has 1 aromatic heterocycles. The number of aryl methyl sites for hydroxylation is 1. The standard InChI is InChI=1S/C25H24N2O9/c1-14-8-20(21(28)13-36-23-12-18(27(31)32)6-7-22(23)33-3)15(2)26(14)19-10-16(24(29)34-4)9-17(11-19)25(30)35-5/h6-12H,13H2,1-5H3. The van der Waals surface area contributed by atoms with Gasteiger partial charge in [-0.05, 0) is 44.2 Å². The average molecular weight is 496 g/mol. The number of Topliss-reactive ketones (excluding diaryl/α,β-unsaturated/α-hetero) is 1. The van der Waals surface area contributed by atoms with E-state index in [0.29, 0.717) is 22.6 Å². The van der Waals surface area contributed by atoms with Gasteiger partial charge in [-0.25, -0.2) is 9.59 Å². The van der Waals surface area contributed by atoms with Gasteiger partial charge in [0.1, 0.15) is 0 Å². The van der Waals surface area contributed by atoms with E-state index in [9.17, 15) is 24.5 Å². The first-order valence-corrected chi connectivity index (χ1v) is 10.6. The first-order valence-electron chi connectivity index (χ1n) is 10.6. The third-order valence-electron chi connectivity index (χ3n) is 5.47. The summed E-state index contributed by atoms with van der Waals surface area (Å²) < 4.78 is 22.0. The minimum absolute atomic E-state index is 0.0577. The molecular weight excluding hydrogens is 472 g/mol. The summed E-state index contributed by atoms with van der Waals surface area (Å²) >= 11 is 0. The second-order valence-electron chi connectivity index (χ2n) is 7.68. The Morgan fingerprint density at radius 1 is 0.889 bits per heavy atom. The lowest BCUT2D eigenvalue weighted by atomic mass is 10.1. The van der Waals surface area contributed by atoms with Crippen LogP contribution in [0.25, 0.3) is 5.69 Å². The maximum Gasteiger partial charge on any atom is 0.337 e. The third kappa shape index (κ3) is 5.19. The maximum atomic E-state index is 13.0. The van der Waals surface area contributed by atoms with E-state index in [1.807, 2.05) is 0 Å². The summed E-state index contributed by atoms with van der Waals surface area (Å²) in [5.41, 5.74) is 2.04. The molecule has 0 aliphatic carbocycles. The van der Waals surface area contributed by atoms with Crippen molar-refractivity contribution >= 4 is 23.4 Å². The fourth-order valence-corrected chi connectivity index (χ4v) is 3.77. The average Bonchev–Trinajstić information content (AvgIpc) is 3.19. The number of nitro groups is 1. The molecule has 0 spiro atoms. The van der Waals surface area contributed by atoms with Crippen LogP contribution >= 0.6 is 0 Å². The molecule has 1 heterocycles. The van der Waals surface area contributed by atoms with Crippen molar-refractivity contribution in [1.29, 1.82) is 0 Å². The Balaban J connectivity index is 1.96. The zero-order valence-electron chi connectivity index (χ0n) is 20.3. The van der Waals surface area contributed by atoms with Gasteiger partial charge in [0.05, 0.1) is 43.4 Å². The Bertz CT molecular complexity index is 1320. The van der Waals surface area contributed by atoms with Crippen LogP contribution in [-0.2, 0) is 9.47 Å². The highest BCUT2D eigenvalue weighted by Gasteiger charge is 2.21. The Labute approximate surface area is 206 Å². The van der Waals surface area contributed by atoms with Crippen molar-refractivity contribution in [1.82, 2.24) is 4.57 Å². The number of hydrogen-bond acceptors (Lipinski definition) is 9. The van der Waals surface area contributed by atoms with Crippen LogP contribution in [0.5, 0.6) is 11.5 Å². The molecule has 0 fully saturated rings. The van der Waals surface area contributed by atoms with Crippen LogP contribution in [0.1, 0.15) is 42.5 Å². The van der Waals surface area contributed by atoms with Crippen molar-refractivity contribution in [2.75, 3.05) is 27.9 Å². The molecule has 0 aliphatic rings. The Kier molecular flexibility index (Phi) is 7.73. The van der Waals surface area contributed by atoms with E-state index in [-0.39, 0.29) is 34.1 Å². The molecule has 11 heteroatoms. The van der Waals surface area contributed by atoms with Gasteiger partial charge in [0.25, 0.3) is 5.69 Å². The number of aromatic nitrogens is 1. The first-order chi connectivity index (χ1) is 17.1. The van der Waals surface area contributed by atoms with Gasteiger partial charge >= 0.3 is 11.9 Å². The van der Waals surface area contributed by atoms with E-state index < -0.39 is 23.5 Å². The Morgan fingerprint density at radius 2 is 1.50 bits per heavy atom. The molecule has 11 nitrogen and oxygen atoms in total. The molecule has 0 unspecified atom stereocenters. The monoisotopic (exact) mass is 496 g/mol. The summed E-state index contributed by atoms with van der Waals surface area (Å²) in [4.78, 5) is 47.9. The van der Waals surface area contributed by atoms with E-state index in [2.05, 4.69) is 0 Å². The summed E-state index contributed by atoms with van der Waals surface area (Å²) in [7, 11) is 3.84. The molecular formula is C25H24N2O9. The van der Waals surface area contributed by atoms with Crippen molar-refractivity contribution in [2.45, 2.75) is 13.8 Å². The summed E-state index contributed by atoms with van der Waals surface area (Å²) in [6.45, 7) is 3.06. The first kappa shape index (κ1) is 25.9. The molecule has 2 aromatic carbocycles. The zero-order valence-corrected chi connectivity index (χ0v) is 20.3. The predicted octanol–water partition coefficient (Wildman–Crippen LogP) is 3.85. The number of esters is 2. The van der Waals surface area contributed by atoms with Crippen LogP contribution in [0.15, 0.2) is 42.5 Å². The van der Waals surface area contributed by atoms with Gasteiger partial charge in [0.15, 0.2) is 18.1 Å². The van der Waals surface area contributed by atoms with E-state index in [1.165, 1.54) is 57.7 Å². The van der Waals surface area contributed by atoms with Crippen LogP contribution in [0.2, 0.25) is 0 Å². The zero-order chi connectivity index (χ0) is 26.6. The number of carbonyl (C=O) groups is 3. The fourth-order valence-electron chi connectivity index (χ4n) is 3.77. The van der Waals surface area contributed by atoms with Crippen molar-refractivity contribution in [2.24, 2.45) is 0 Å². The van der Waals surface area contributed by atoms with Crippen molar-refractivity contribution in [3.05, 3.63) is 80.7 Å². The normalized spacial score (nSPS) is 10.5. The van der Waals surface area contributed by atoms with E-state index in [4.69, 9.17) is 18.9 Å². The van der Waals surface area contributed by atoms with Crippen molar-refractivity contribution in [3.8, 4) is 17.2 Å². The largest absolute Gasteiger partial charge is 0.493 e. The molecule has 3 aromatic rings. The van der Waals surface area contributed by atoms with Gasteiger partial charge < -0.3 is 23.5 Å². The Hall–Kier alpha value is -4.67. The number of methoxy groups -OCH3 is 3. The van der Waals surface area contributed by atoms with Crippen LogP contribution in [0.4, 0.5) is 5.69 Å². The summed E-state index contributed by atoms with van der Waals surface area (Å²) in [6.07, 6.45) is 0. The number of non-ortho nitro benzene ring substituents is 1. The highest BCUT2D eigenvalue weighted by atomic mass is 16.6. The van der Waals surface area contributed by atoms with E-state index in [1.54, 1.807) is 24.5 Å². The second-order valence-corrected chi connectivity index (χ2v) is 7.68. The predicted molar refractivity (Wildman–Crippen MR) is 127 cm³/mol. The van der Waals surface area contributed by atoms with Crippen LogP contribution in [0, 0.1) is 24.0 Å². The SMILES string of the molecule is COC(=O)c1cc(C(=O)OC)cc(-n2c(C)cc(C(=O)COc3cc([N+](=O)[O-])ccc3OC)c2C)c1. The molecule has 0 saturated carbocycles. The minimum Gasteiger partial charge on any atom is -0.493 e. The molecule has 0 amide bonds. The molecule has 188 valence electrons. The highest BCUT2D eigenvalue weighted by Crippen LogP contribution is 2.31. The molecule has 0 saturated heterocycles. The van der Waals surface area contributed by atoms with Crippen LogP contribution < -0.4 is 9.47 Å². The van der Waals surface area contributed by atoms with E-state index >= 15 is 0 Å². The van der Waals surface area contributed by atoms with Gasteiger partial charge in [0.2, 0.25) is 5.78 Å². The van der Waals surface area contributed by atoms with Gasteiger partial charge in [0, 0.05) is 28.7 Å². The summed E-state index contributed by atoms with van der Waals surface area (Å²) in [5.74, 6) is -1.36. The number of ketones is 1. The number of hydrogen-bond donors (Lipinski definition) is 0. The fraction of sp³-hybridized carbons (Fsp3) is 0.240. The number of rotatable bonds is 9. The highest BCUT2D eigenvalue weighted by molar-refractivity contribution is 5.99. The maximum absolute atomic E-state index is 13.0. The quantitative estimate of drug-likeness (QED) is 0.187. The topological polar surface area (TPSA) is 136 Å². The lowest BCUT2D eigenvalue weighted by Crippen LogP contribution is -2.14. The lowest BCUT2D eigenvalue weighted by Gasteiger charge is -2.13. The van der Waals surface area contributed by atoms with Gasteiger partial charge in [-0.3, -0.25) is 14.9 Å². The number of benzene rings is 2. The minimum atomic E-state index is -0.639. The third-order valence-corrected chi connectivity index (χ3v) is 5.47. The Morgan fingerprint density at radius 3 is 2.03 bits per heavy atom. The van der Waals surface area contributed by atoms with Gasteiger partial charge in [-0.15, -0.1) is 0 Å². The summed E-state index contributed by atoms with van der Waals surface area (Å²) in [6, 6.07) is 9.93. The van der Waals surface area contributed by atoms with E-state index in [0.717, 1.165) is 0 Å². The molecule has 3 rings (SSSR count). The van der Waals surface area contributed by atoms with Gasteiger partial charge in [-0.2, -0.15) is 0 Å². The molecule has 0 N–H and O–H groups in total. The van der Waals surface area contributed by atoms with Crippen LogP contribution in [-0.4, -0.2) is 55.1 Å². The molecule has 0 aliphatic heterocycles. The molecule has 0 bridgehead atoms. The van der Waals surface area contributed by atoms with Crippen molar-refractivity contribution < 1.29 is 38.3 Å². The number of nitrogens with zero attached hydrogens (tertiary/aromatic N) is 2. The lowest BCUT2D eigenvalue weighted by molar-refractivity contribution is -0.385. The molecule has 0 atom stereocenters. The van der Waals surface area contributed by atoms with Crippen molar-refractivity contribution in [3.63, 3.8) is 0 Å². The number of ether oxygens (including phenoxy) is 4. The number of carbonyl (C=O) groups excluding carboxylic acids is 3. The number of nitro benzene ring substituents is 1. The molecule has 36 heavy (non-hydrogen) atoms. The van der Waals surface area contributed by atoms with Crippen LogP contribution in [0.3, 0.4) is 0 Å². The molecule has 0 radical (unpaired) electrons. The summed E-state index contributed by atoms with van der Waals surface area (Å²) in [5, 5.41) is 11.1. The van der Waals surface area contributed by atoms with Gasteiger partial charge in [-0.1, -0.05) is 0 Å². The second kappa shape index (κ2) is 10.7. The smallest absolute Gasteiger partial charge is 0.337 e.